The second-order valence-corrected chi connectivity index (χ2v) is 4.44. The second kappa shape index (κ2) is 6.08. The molecule has 8 heteroatoms. The Balaban J connectivity index is 2.16. The van der Waals surface area contributed by atoms with Gasteiger partial charge in [-0.05, 0) is 25.1 Å². The minimum atomic E-state index is -4.44. The fourth-order valence-electron chi connectivity index (χ4n) is 1.97. The number of alkyl halides is 3. The number of rotatable bonds is 5. The molecule has 0 radical (unpaired) electrons. The largest absolute Gasteiger partial charge is 0.487 e. The number of benzene rings is 1. The summed E-state index contributed by atoms with van der Waals surface area (Å²) in [6.07, 6.45) is -3.11. The second-order valence-electron chi connectivity index (χ2n) is 4.44. The van der Waals surface area contributed by atoms with Crippen LogP contribution in [0.3, 0.4) is 0 Å². The van der Waals surface area contributed by atoms with Crippen LogP contribution in [0.5, 0.6) is 5.75 Å². The molecule has 0 unspecified atom stereocenters. The molecule has 0 aliphatic rings. The fraction of sp³-hybridized carbons (Fsp3) is 0.286. The van der Waals surface area contributed by atoms with Gasteiger partial charge in [-0.25, -0.2) is 9.78 Å². The van der Waals surface area contributed by atoms with E-state index in [9.17, 15) is 18.0 Å². The van der Waals surface area contributed by atoms with Crippen molar-refractivity contribution in [3.63, 3.8) is 0 Å². The molecule has 0 aliphatic heterocycles. The third-order valence-electron chi connectivity index (χ3n) is 2.99. The van der Waals surface area contributed by atoms with E-state index in [0.717, 1.165) is 12.1 Å². The highest BCUT2D eigenvalue weighted by Gasteiger charge is 2.30. The molecule has 1 aromatic carbocycles. The van der Waals surface area contributed by atoms with Gasteiger partial charge in [0.05, 0.1) is 17.5 Å². The number of aromatic nitrogens is 2. The molecule has 0 bridgehead atoms. The number of carboxylic acid groups (broad SMARTS) is 1. The van der Waals surface area contributed by atoms with Crippen LogP contribution in [0.1, 0.15) is 28.8 Å². The maximum Gasteiger partial charge on any atom is 0.416 e. The molecule has 0 amide bonds. The Morgan fingerprint density at radius 2 is 2.14 bits per heavy atom. The number of imidazole rings is 1. The Morgan fingerprint density at radius 3 is 2.73 bits per heavy atom. The lowest BCUT2D eigenvalue weighted by molar-refractivity contribution is -0.137. The maximum atomic E-state index is 12.6. The van der Waals surface area contributed by atoms with Gasteiger partial charge in [0.15, 0.2) is 0 Å². The van der Waals surface area contributed by atoms with Gasteiger partial charge in [0.2, 0.25) is 5.82 Å². The molecule has 5 nitrogen and oxygen atoms in total. The van der Waals surface area contributed by atoms with Gasteiger partial charge >= 0.3 is 12.1 Å². The molecule has 0 fully saturated rings. The summed E-state index contributed by atoms with van der Waals surface area (Å²) < 4.78 is 44.6. The van der Waals surface area contributed by atoms with E-state index in [0.29, 0.717) is 12.2 Å². The number of hydrogen-bond donors (Lipinski definition) is 1. The van der Waals surface area contributed by atoms with Gasteiger partial charge in [-0.3, -0.25) is 0 Å². The zero-order valence-electron chi connectivity index (χ0n) is 11.6. The highest BCUT2D eigenvalue weighted by atomic mass is 19.4. The maximum absolute atomic E-state index is 12.6. The topological polar surface area (TPSA) is 64.4 Å². The molecule has 0 spiro atoms. The van der Waals surface area contributed by atoms with Crippen molar-refractivity contribution in [2.45, 2.75) is 26.3 Å². The quantitative estimate of drug-likeness (QED) is 0.920. The Labute approximate surface area is 124 Å². The number of carbonyl (C=O) groups is 1. The van der Waals surface area contributed by atoms with E-state index in [1.54, 1.807) is 6.92 Å². The van der Waals surface area contributed by atoms with E-state index >= 15 is 0 Å². The predicted octanol–water partition coefficient (Wildman–Crippen LogP) is 3.20. The summed E-state index contributed by atoms with van der Waals surface area (Å²) in [6.45, 7) is 2.03. The third-order valence-corrected chi connectivity index (χ3v) is 2.99. The summed E-state index contributed by atoms with van der Waals surface area (Å²) in [4.78, 5) is 14.7. The van der Waals surface area contributed by atoms with Gasteiger partial charge in [0.25, 0.3) is 0 Å². The Kier molecular flexibility index (Phi) is 4.39. The molecule has 0 atom stereocenters. The Bertz CT molecular complexity index is 680. The number of ether oxygens (including phenoxy) is 1. The van der Waals surface area contributed by atoms with Crippen LogP contribution in [0.4, 0.5) is 13.2 Å². The van der Waals surface area contributed by atoms with Crippen molar-refractivity contribution in [3.05, 3.63) is 47.5 Å². The van der Waals surface area contributed by atoms with Crippen molar-refractivity contribution in [1.82, 2.24) is 9.55 Å². The van der Waals surface area contributed by atoms with E-state index in [4.69, 9.17) is 9.84 Å². The van der Waals surface area contributed by atoms with E-state index in [1.807, 2.05) is 0 Å². The first kappa shape index (κ1) is 15.9. The third kappa shape index (κ3) is 3.38. The van der Waals surface area contributed by atoms with Gasteiger partial charge in [-0.1, -0.05) is 6.07 Å². The zero-order valence-corrected chi connectivity index (χ0v) is 11.6. The van der Waals surface area contributed by atoms with Crippen LogP contribution >= 0.6 is 0 Å². The highest BCUT2D eigenvalue weighted by molar-refractivity contribution is 5.83. The minimum absolute atomic E-state index is 0.0514. The summed E-state index contributed by atoms with van der Waals surface area (Å²) in [6, 6.07) is 4.49. The van der Waals surface area contributed by atoms with Gasteiger partial charge < -0.3 is 14.4 Å². The summed E-state index contributed by atoms with van der Waals surface area (Å²) in [7, 11) is 0. The zero-order chi connectivity index (χ0) is 16.3. The lowest BCUT2D eigenvalue weighted by atomic mass is 10.2. The van der Waals surface area contributed by atoms with Crippen molar-refractivity contribution in [3.8, 4) is 5.75 Å². The van der Waals surface area contributed by atoms with Crippen molar-refractivity contribution in [2.24, 2.45) is 0 Å². The smallest absolute Gasteiger partial charge is 0.416 e. The first-order valence-corrected chi connectivity index (χ1v) is 6.40. The van der Waals surface area contributed by atoms with Crippen molar-refractivity contribution < 1.29 is 27.8 Å². The van der Waals surface area contributed by atoms with Gasteiger partial charge in [-0.15, -0.1) is 0 Å². The number of aromatic carboxylic acids is 1. The van der Waals surface area contributed by atoms with Gasteiger partial charge in [-0.2, -0.15) is 13.2 Å². The standard InChI is InChI=1S/C14H13F3N2O3/c1-2-19-10(7-18-12(19)13(20)21)8-22-11-5-3-4-9(6-11)14(15,16)17/h3-7H,2,8H2,1H3,(H,20,21). The van der Waals surface area contributed by atoms with Crippen molar-refractivity contribution in [1.29, 1.82) is 0 Å². The number of carboxylic acids is 1. The van der Waals surface area contributed by atoms with Crippen LogP contribution < -0.4 is 4.74 Å². The van der Waals surface area contributed by atoms with E-state index in [-0.39, 0.29) is 18.2 Å². The van der Waals surface area contributed by atoms with E-state index in [2.05, 4.69) is 4.98 Å². The van der Waals surface area contributed by atoms with Crippen LogP contribution in [0.2, 0.25) is 0 Å². The molecule has 22 heavy (non-hydrogen) atoms. The van der Waals surface area contributed by atoms with Gasteiger partial charge in [0.1, 0.15) is 12.4 Å². The van der Waals surface area contributed by atoms with Crippen LogP contribution in [0, 0.1) is 0 Å². The highest BCUT2D eigenvalue weighted by Crippen LogP contribution is 2.31. The normalized spacial score (nSPS) is 11.5. The molecular formula is C14H13F3N2O3. The summed E-state index contributed by atoms with van der Waals surface area (Å²) in [5, 5.41) is 8.97. The monoisotopic (exact) mass is 314 g/mol. The van der Waals surface area contributed by atoms with Crippen molar-refractivity contribution >= 4 is 5.97 Å². The van der Waals surface area contributed by atoms with E-state index in [1.165, 1.54) is 22.9 Å². The summed E-state index contributed by atoms with van der Waals surface area (Å²) in [5.74, 6) is -1.26. The molecule has 2 aromatic rings. The van der Waals surface area contributed by atoms with Crippen LogP contribution in [0.15, 0.2) is 30.5 Å². The first-order chi connectivity index (χ1) is 10.3. The molecule has 1 N–H and O–H groups in total. The molecule has 2 rings (SSSR count). The number of halogens is 3. The average Bonchev–Trinajstić information content (AvgIpc) is 2.87. The van der Waals surface area contributed by atoms with Crippen LogP contribution in [0.25, 0.3) is 0 Å². The van der Waals surface area contributed by atoms with Crippen LogP contribution in [-0.2, 0) is 19.3 Å². The Hall–Kier alpha value is -2.51. The average molecular weight is 314 g/mol. The SMILES string of the molecule is CCn1c(COc2cccc(C(F)(F)F)c2)cnc1C(=O)O. The minimum Gasteiger partial charge on any atom is -0.487 e. The fourth-order valence-corrected chi connectivity index (χ4v) is 1.97. The predicted molar refractivity (Wildman–Crippen MR) is 70.6 cm³/mol. The Morgan fingerprint density at radius 1 is 1.41 bits per heavy atom. The molecule has 0 saturated carbocycles. The summed E-state index contributed by atoms with van der Waals surface area (Å²) >= 11 is 0. The molecule has 1 aromatic heterocycles. The molecule has 118 valence electrons. The molecular weight excluding hydrogens is 301 g/mol. The van der Waals surface area contributed by atoms with Gasteiger partial charge in [0, 0.05) is 6.54 Å². The number of nitrogens with zero attached hydrogens (tertiary/aromatic N) is 2. The molecule has 0 saturated heterocycles. The van der Waals surface area contributed by atoms with E-state index < -0.39 is 17.7 Å². The molecule has 0 aliphatic carbocycles. The lowest BCUT2D eigenvalue weighted by Crippen LogP contribution is -2.12. The van der Waals surface area contributed by atoms with Crippen molar-refractivity contribution in [2.75, 3.05) is 0 Å². The summed E-state index contributed by atoms with van der Waals surface area (Å²) in [5.41, 5.74) is -0.336. The molecule has 1 heterocycles. The first-order valence-electron chi connectivity index (χ1n) is 6.40. The van der Waals surface area contributed by atoms with Crippen LogP contribution in [-0.4, -0.2) is 20.6 Å². The lowest BCUT2D eigenvalue weighted by Gasteiger charge is -2.11. The number of hydrogen-bond acceptors (Lipinski definition) is 3.